The third kappa shape index (κ3) is 7.67. The third-order valence-corrected chi connectivity index (χ3v) is 4.62. The summed E-state index contributed by atoms with van der Waals surface area (Å²) in [6.45, 7) is 14.9. The Morgan fingerprint density at radius 3 is 1.32 bits per heavy atom. The summed E-state index contributed by atoms with van der Waals surface area (Å²) in [5.74, 6) is -3.47. The van der Waals surface area contributed by atoms with Crippen LogP contribution in [0.3, 0.4) is 0 Å². The average molecular weight is 444 g/mol. The molecule has 31 heavy (non-hydrogen) atoms. The zero-order chi connectivity index (χ0) is 23.1. The van der Waals surface area contributed by atoms with E-state index in [-0.39, 0.29) is 52.9 Å². The quantitative estimate of drug-likeness (QED) is 0.281. The molecule has 2 fully saturated rings. The van der Waals surface area contributed by atoms with Crippen LogP contribution in [-0.2, 0) is 47.5 Å². The Balaban J connectivity index is 1.69. The summed E-state index contributed by atoms with van der Waals surface area (Å²) in [5, 5.41) is 0. The molecule has 0 radical (unpaired) electrons. The summed E-state index contributed by atoms with van der Waals surface area (Å²) in [5.41, 5.74) is 0.129. The minimum atomic E-state index is -1.26. The smallest absolute Gasteiger partial charge is 0.333 e. The lowest BCUT2D eigenvalue weighted by Crippen LogP contribution is -2.59. The molecule has 2 heterocycles. The van der Waals surface area contributed by atoms with Gasteiger partial charge in [-0.1, -0.05) is 13.2 Å². The van der Waals surface area contributed by atoms with Crippen LogP contribution in [-0.4, -0.2) is 76.7 Å². The van der Waals surface area contributed by atoms with Crippen LogP contribution in [0, 0.1) is 5.41 Å². The first-order chi connectivity index (χ1) is 14.5. The lowest BCUT2D eigenvalue weighted by Gasteiger charge is -2.48. The molecule has 0 aromatic heterocycles. The van der Waals surface area contributed by atoms with Crippen LogP contribution in [0.5, 0.6) is 0 Å². The maximum Gasteiger partial charge on any atom is 0.333 e. The molecule has 0 aromatic carbocycles. The van der Waals surface area contributed by atoms with Crippen LogP contribution in [0.15, 0.2) is 24.3 Å². The largest absolute Gasteiger partial charge is 0.460 e. The first-order valence-electron chi connectivity index (χ1n) is 9.97. The van der Waals surface area contributed by atoms with Crippen molar-refractivity contribution in [3.8, 4) is 0 Å². The second-order valence-corrected chi connectivity index (χ2v) is 7.91. The normalized spacial score (nSPS) is 30.6. The van der Waals surface area contributed by atoms with Crippen molar-refractivity contribution >= 4 is 11.9 Å². The summed E-state index contributed by atoms with van der Waals surface area (Å²) in [4.78, 5) is 22.7. The van der Waals surface area contributed by atoms with Gasteiger partial charge in [0.05, 0.1) is 45.1 Å². The molecular weight excluding hydrogens is 412 g/mol. The van der Waals surface area contributed by atoms with E-state index < -0.39 is 29.3 Å². The van der Waals surface area contributed by atoms with Crippen molar-refractivity contribution in [1.82, 2.24) is 0 Å². The number of hydrogen-bond acceptors (Lipinski definition) is 10. The van der Waals surface area contributed by atoms with Gasteiger partial charge in [0.2, 0.25) is 0 Å². The SMILES string of the molecule is C=C(C)C(=O)OCCOC1(C)OCC2(CO1)COC(C)(OCCOC(=O)C(=C)C)OC2. The number of ether oxygens (including phenoxy) is 8. The highest BCUT2D eigenvalue weighted by Crippen LogP contribution is 2.37. The van der Waals surface area contributed by atoms with Crippen LogP contribution < -0.4 is 0 Å². The zero-order valence-corrected chi connectivity index (χ0v) is 18.7. The summed E-state index contributed by atoms with van der Waals surface area (Å²) >= 11 is 0. The van der Waals surface area contributed by atoms with Crippen molar-refractivity contribution in [3.63, 3.8) is 0 Å². The van der Waals surface area contributed by atoms with Crippen LogP contribution in [0.25, 0.3) is 0 Å². The molecule has 2 saturated heterocycles. The van der Waals surface area contributed by atoms with E-state index in [1.165, 1.54) is 0 Å². The lowest BCUT2D eigenvalue weighted by atomic mass is 9.90. The monoisotopic (exact) mass is 444 g/mol. The van der Waals surface area contributed by atoms with Crippen molar-refractivity contribution in [2.45, 2.75) is 39.6 Å². The highest BCUT2D eigenvalue weighted by atomic mass is 16.9. The molecule has 10 heteroatoms. The van der Waals surface area contributed by atoms with E-state index in [1.54, 1.807) is 27.7 Å². The third-order valence-electron chi connectivity index (χ3n) is 4.62. The highest BCUT2D eigenvalue weighted by Gasteiger charge is 2.49. The van der Waals surface area contributed by atoms with E-state index in [0.717, 1.165) is 0 Å². The minimum absolute atomic E-state index is 0.0583. The van der Waals surface area contributed by atoms with E-state index in [1.807, 2.05) is 0 Å². The zero-order valence-electron chi connectivity index (χ0n) is 18.7. The number of esters is 2. The molecule has 2 aliphatic heterocycles. The molecule has 0 N–H and O–H groups in total. The van der Waals surface area contributed by atoms with Gasteiger partial charge < -0.3 is 37.9 Å². The van der Waals surface area contributed by atoms with Crippen molar-refractivity contribution < 1.29 is 47.5 Å². The van der Waals surface area contributed by atoms with Crippen molar-refractivity contribution in [3.05, 3.63) is 24.3 Å². The van der Waals surface area contributed by atoms with Gasteiger partial charge in [0.25, 0.3) is 11.9 Å². The van der Waals surface area contributed by atoms with E-state index in [2.05, 4.69) is 13.2 Å². The molecule has 0 unspecified atom stereocenters. The van der Waals surface area contributed by atoms with Crippen molar-refractivity contribution in [2.75, 3.05) is 52.9 Å². The van der Waals surface area contributed by atoms with Crippen molar-refractivity contribution in [2.24, 2.45) is 5.41 Å². The molecule has 1 spiro atoms. The fourth-order valence-corrected chi connectivity index (χ4v) is 2.61. The number of carbonyl (C=O) groups excluding carboxylic acids is 2. The van der Waals surface area contributed by atoms with Gasteiger partial charge in [-0.25, -0.2) is 9.59 Å². The van der Waals surface area contributed by atoms with E-state index >= 15 is 0 Å². The molecule has 2 rings (SSSR count). The molecule has 10 nitrogen and oxygen atoms in total. The van der Waals surface area contributed by atoms with Gasteiger partial charge in [0.1, 0.15) is 13.2 Å². The van der Waals surface area contributed by atoms with Crippen LogP contribution in [0.1, 0.15) is 27.7 Å². The predicted octanol–water partition coefficient (Wildman–Crippen LogP) is 1.69. The predicted molar refractivity (Wildman–Crippen MR) is 107 cm³/mol. The molecule has 0 aliphatic carbocycles. The van der Waals surface area contributed by atoms with Crippen LogP contribution >= 0.6 is 0 Å². The maximum absolute atomic E-state index is 11.4. The Morgan fingerprint density at radius 2 is 1.03 bits per heavy atom. The topological polar surface area (TPSA) is 108 Å². The molecule has 0 amide bonds. The Kier molecular flexibility index (Phi) is 8.75. The second-order valence-electron chi connectivity index (χ2n) is 7.91. The van der Waals surface area contributed by atoms with Gasteiger partial charge in [-0.15, -0.1) is 0 Å². The van der Waals surface area contributed by atoms with Crippen LogP contribution in [0.2, 0.25) is 0 Å². The number of rotatable bonds is 10. The molecule has 0 aromatic rings. The summed E-state index contributed by atoms with van der Waals surface area (Å²) < 4.78 is 44.1. The Hall–Kier alpha value is -1.82. The Bertz CT molecular complexity index is 608. The van der Waals surface area contributed by atoms with Gasteiger partial charge in [0, 0.05) is 25.0 Å². The van der Waals surface area contributed by atoms with Gasteiger partial charge in [0.15, 0.2) is 0 Å². The van der Waals surface area contributed by atoms with Gasteiger partial charge in [-0.2, -0.15) is 0 Å². The average Bonchev–Trinajstić information content (AvgIpc) is 2.73. The van der Waals surface area contributed by atoms with Crippen molar-refractivity contribution in [1.29, 1.82) is 0 Å². The fraction of sp³-hybridized carbons (Fsp3) is 0.714. The van der Waals surface area contributed by atoms with Crippen LogP contribution in [0.4, 0.5) is 0 Å². The van der Waals surface area contributed by atoms with E-state index in [9.17, 15) is 9.59 Å². The Labute approximate surface area is 182 Å². The van der Waals surface area contributed by atoms with Gasteiger partial charge in [-0.3, -0.25) is 0 Å². The first-order valence-corrected chi connectivity index (χ1v) is 9.97. The highest BCUT2D eigenvalue weighted by molar-refractivity contribution is 5.87. The number of carbonyl (C=O) groups is 2. The molecule has 0 atom stereocenters. The van der Waals surface area contributed by atoms with E-state index in [0.29, 0.717) is 11.1 Å². The summed E-state index contributed by atoms with van der Waals surface area (Å²) in [6.07, 6.45) is 0. The number of hydrogen-bond donors (Lipinski definition) is 0. The molecule has 2 aliphatic rings. The van der Waals surface area contributed by atoms with Gasteiger partial charge in [-0.05, 0) is 13.8 Å². The lowest BCUT2D eigenvalue weighted by molar-refractivity contribution is -0.456. The summed E-state index contributed by atoms with van der Waals surface area (Å²) in [7, 11) is 0. The van der Waals surface area contributed by atoms with Gasteiger partial charge >= 0.3 is 11.9 Å². The molecule has 0 bridgehead atoms. The second kappa shape index (κ2) is 10.7. The minimum Gasteiger partial charge on any atom is -0.460 e. The maximum atomic E-state index is 11.4. The Morgan fingerprint density at radius 1 is 0.710 bits per heavy atom. The molecule has 0 saturated carbocycles. The standard InChI is InChI=1S/C21H32O10/c1-15(2)17(22)24-7-9-26-19(5)28-11-21(12-29-19)13-30-20(6,31-14-21)27-10-8-25-18(23)16(3)4/h1,3,7-14H2,2,4-6H3. The van der Waals surface area contributed by atoms with E-state index in [4.69, 9.17) is 37.9 Å². The molecule has 176 valence electrons. The summed E-state index contributed by atoms with van der Waals surface area (Å²) in [6, 6.07) is 0. The first kappa shape index (κ1) is 25.4. The fourth-order valence-electron chi connectivity index (χ4n) is 2.61. The molecular formula is C21H32O10.